The number of aliphatic hydroxyl groups is 2. The number of nitrogens with zero attached hydrogens (tertiary/aromatic N) is 1. The summed E-state index contributed by atoms with van der Waals surface area (Å²) >= 11 is 9.18. The standard InChI is InChI=1S/C21H21BrClFN2O4/c22-14-7-6-13(16(24)10-14)11-25-20(29)18(27)19(28)21(30)26-8-2-5-17(26)12-3-1-4-15(23)9-12/h1,3-4,6-7,9-10,17-19,27-28H,2,5,8,11H2,(H,25,29)/t17?,18-,19-/m1/s1. The number of aliphatic hydroxyl groups excluding tert-OH is 2. The van der Waals surface area contributed by atoms with E-state index in [0.29, 0.717) is 22.5 Å². The number of benzene rings is 2. The zero-order valence-electron chi connectivity index (χ0n) is 15.9. The minimum absolute atomic E-state index is 0.190. The van der Waals surface area contributed by atoms with Crippen molar-refractivity contribution in [2.45, 2.75) is 37.6 Å². The number of rotatable bonds is 6. The lowest BCUT2D eigenvalue weighted by Gasteiger charge is -2.28. The first-order valence-electron chi connectivity index (χ1n) is 9.41. The van der Waals surface area contributed by atoms with Crippen LogP contribution >= 0.6 is 27.5 Å². The Morgan fingerprint density at radius 2 is 2.00 bits per heavy atom. The van der Waals surface area contributed by atoms with Crippen LogP contribution in [0.3, 0.4) is 0 Å². The molecule has 30 heavy (non-hydrogen) atoms. The molecule has 1 unspecified atom stereocenters. The van der Waals surface area contributed by atoms with Crippen molar-refractivity contribution in [2.75, 3.05) is 6.54 Å². The first-order valence-corrected chi connectivity index (χ1v) is 10.6. The maximum atomic E-state index is 13.9. The summed E-state index contributed by atoms with van der Waals surface area (Å²) in [4.78, 5) is 26.4. The Labute approximate surface area is 186 Å². The molecule has 0 aromatic heterocycles. The number of amides is 2. The van der Waals surface area contributed by atoms with Crippen LogP contribution in [0.15, 0.2) is 46.9 Å². The molecule has 0 radical (unpaired) electrons. The van der Waals surface area contributed by atoms with Crippen molar-refractivity contribution in [3.8, 4) is 0 Å². The minimum atomic E-state index is -1.98. The molecule has 2 aromatic carbocycles. The number of halogens is 3. The maximum Gasteiger partial charge on any atom is 0.255 e. The van der Waals surface area contributed by atoms with E-state index in [-0.39, 0.29) is 18.2 Å². The van der Waals surface area contributed by atoms with E-state index in [4.69, 9.17) is 11.6 Å². The van der Waals surface area contributed by atoms with E-state index < -0.39 is 29.8 Å². The van der Waals surface area contributed by atoms with E-state index in [1.54, 1.807) is 24.3 Å². The molecule has 1 fully saturated rings. The van der Waals surface area contributed by atoms with Crippen LogP contribution in [0.2, 0.25) is 5.02 Å². The number of carbonyl (C=O) groups excluding carboxylic acids is 2. The fraction of sp³-hybridized carbons (Fsp3) is 0.333. The van der Waals surface area contributed by atoms with Crippen LogP contribution in [0.1, 0.15) is 30.0 Å². The van der Waals surface area contributed by atoms with Gasteiger partial charge in [-0.05, 0) is 42.7 Å². The summed E-state index contributed by atoms with van der Waals surface area (Å²) < 4.78 is 14.4. The Hall–Kier alpha value is -2.00. The van der Waals surface area contributed by atoms with Crippen molar-refractivity contribution in [3.05, 3.63) is 68.9 Å². The molecule has 0 aliphatic carbocycles. The molecular formula is C21H21BrClFN2O4. The summed E-state index contributed by atoms with van der Waals surface area (Å²) in [6.07, 6.45) is -2.50. The fourth-order valence-electron chi connectivity index (χ4n) is 3.49. The van der Waals surface area contributed by atoms with Crippen molar-refractivity contribution >= 4 is 39.3 Å². The van der Waals surface area contributed by atoms with Gasteiger partial charge in [0.2, 0.25) is 0 Å². The van der Waals surface area contributed by atoms with Crippen LogP contribution in [-0.2, 0) is 16.1 Å². The third-order valence-corrected chi connectivity index (χ3v) is 5.79. The fourth-order valence-corrected chi connectivity index (χ4v) is 4.02. The molecule has 1 aliphatic rings. The summed E-state index contributed by atoms with van der Waals surface area (Å²) in [5, 5.41) is 23.4. The lowest BCUT2D eigenvalue weighted by molar-refractivity contribution is -0.153. The van der Waals surface area contributed by atoms with Crippen LogP contribution in [0.5, 0.6) is 0 Å². The van der Waals surface area contributed by atoms with Crippen molar-refractivity contribution in [1.29, 1.82) is 0 Å². The van der Waals surface area contributed by atoms with Gasteiger partial charge in [0.15, 0.2) is 12.2 Å². The van der Waals surface area contributed by atoms with Crippen molar-refractivity contribution in [1.82, 2.24) is 10.2 Å². The van der Waals surface area contributed by atoms with Gasteiger partial charge in [-0.2, -0.15) is 0 Å². The summed E-state index contributed by atoms with van der Waals surface area (Å²) in [5.74, 6) is -2.23. The van der Waals surface area contributed by atoms with Crippen molar-refractivity contribution in [2.24, 2.45) is 0 Å². The van der Waals surface area contributed by atoms with Gasteiger partial charge in [-0.3, -0.25) is 9.59 Å². The zero-order chi connectivity index (χ0) is 21.8. The summed E-state index contributed by atoms with van der Waals surface area (Å²) in [5.41, 5.74) is 1.03. The number of hydrogen-bond acceptors (Lipinski definition) is 4. The van der Waals surface area contributed by atoms with E-state index >= 15 is 0 Å². The van der Waals surface area contributed by atoms with E-state index in [1.807, 2.05) is 6.07 Å². The molecule has 1 aliphatic heterocycles. The molecule has 2 aromatic rings. The Morgan fingerprint density at radius 1 is 1.23 bits per heavy atom. The Kier molecular flexibility index (Phi) is 7.46. The normalized spacial score (nSPS) is 18.2. The number of likely N-dealkylation sites (tertiary alicyclic amines) is 1. The van der Waals surface area contributed by atoms with E-state index in [1.165, 1.54) is 17.0 Å². The predicted octanol–water partition coefficient (Wildman–Crippen LogP) is 2.94. The average Bonchev–Trinajstić information content (AvgIpc) is 3.21. The van der Waals surface area contributed by atoms with Crippen LogP contribution in [0.4, 0.5) is 4.39 Å². The third-order valence-electron chi connectivity index (χ3n) is 5.06. The van der Waals surface area contributed by atoms with Gasteiger partial charge in [-0.1, -0.05) is 45.7 Å². The molecule has 160 valence electrons. The Morgan fingerprint density at radius 3 is 2.70 bits per heavy atom. The zero-order valence-corrected chi connectivity index (χ0v) is 18.2. The lowest BCUT2D eigenvalue weighted by atomic mass is 10.0. The van der Waals surface area contributed by atoms with Gasteiger partial charge in [0.1, 0.15) is 5.82 Å². The van der Waals surface area contributed by atoms with Gasteiger partial charge >= 0.3 is 0 Å². The summed E-state index contributed by atoms with van der Waals surface area (Å²) in [6, 6.07) is 11.1. The Balaban J connectivity index is 1.63. The van der Waals surface area contributed by atoms with Crippen LogP contribution < -0.4 is 5.32 Å². The quantitative estimate of drug-likeness (QED) is 0.570. The molecule has 1 saturated heterocycles. The molecule has 0 bridgehead atoms. The molecule has 2 amide bonds. The third kappa shape index (κ3) is 5.18. The predicted molar refractivity (Wildman–Crippen MR) is 113 cm³/mol. The smallest absolute Gasteiger partial charge is 0.255 e. The van der Waals surface area contributed by atoms with E-state index in [9.17, 15) is 24.2 Å². The average molecular weight is 500 g/mol. The topological polar surface area (TPSA) is 89.9 Å². The molecule has 0 saturated carbocycles. The van der Waals surface area contributed by atoms with Gasteiger partial charge in [0.25, 0.3) is 11.8 Å². The van der Waals surface area contributed by atoms with E-state index in [2.05, 4.69) is 21.2 Å². The first-order chi connectivity index (χ1) is 14.3. The minimum Gasteiger partial charge on any atom is -0.380 e. The molecule has 0 spiro atoms. The van der Waals surface area contributed by atoms with Gasteiger partial charge in [0.05, 0.1) is 6.04 Å². The second-order valence-corrected chi connectivity index (χ2v) is 8.44. The van der Waals surface area contributed by atoms with E-state index in [0.717, 1.165) is 12.0 Å². The summed E-state index contributed by atoms with van der Waals surface area (Å²) in [7, 11) is 0. The molecule has 3 atom stereocenters. The van der Waals surface area contributed by atoms with Crippen LogP contribution in [0.25, 0.3) is 0 Å². The molecule has 3 N–H and O–H groups in total. The van der Waals surface area contributed by atoms with Crippen LogP contribution in [-0.4, -0.2) is 45.7 Å². The van der Waals surface area contributed by atoms with Crippen molar-refractivity contribution in [3.63, 3.8) is 0 Å². The van der Waals surface area contributed by atoms with Crippen LogP contribution in [0, 0.1) is 5.82 Å². The SMILES string of the molecule is O=C(NCc1ccc(Br)cc1F)[C@H](O)[C@@H](O)C(=O)N1CCCC1c1cccc(Cl)c1. The Bertz CT molecular complexity index is 945. The monoisotopic (exact) mass is 498 g/mol. The number of hydrogen-bond donors (Lipinski definition) is 3. The summed E-state index contributed by atoms with van der Waals surface area (Å²) in [6.45, 7) is 0.205. The van der Waals surface area contributed by atoms with Crippen molar-refractivity contribution < 1.29 is 24.2 Å². The van der Waals surface area contributed by atoms with Gasteiger partial charge in [0, 0.05) is 28.1 Å². The van der Waals surface area contributed by atoms with Gasteiger partial charge in [-0.15, -0.1) is 0 Å². The molecular weight excluding hydrogens is 479 g/mol. The maximum absolute atomic E-state index is 13.9. The highest BCUT2D eigenvalue weighted by Gasteiger charge is 2.38. The first kappa shape index (κ1) is 22.7. The highest BCUT2D eigenvalue weighted by Crippen LogP contribution is 2.33. The lowest BCUT2D eigenvalue weighted by Crippen LogP contribution is -2.50. The highest BCUT2D eigenvalue weighted by atomic mass is 79.9. The number of carbonyl (C=O) groups is 2. The molecule has 6 nitrogen and oxygen atoms in total. The second-order valence-electron chi connectivity index (χ2n) is 7.09. The molecule has 9 heteroatoms. The van der Waals surface area contributed by atoms with Gasteiger partial charge in [-0.25, -0.2) is 4.39 Å². The molecule has 3 rings (SSSR count). The number of nitrogens with one attached hydrogen (secondary N) is 1. The second kappa shape index (κ2) is 9.87. The molecule has 1 heterocycles. The highest BCUT2D eigenvalue weighted by molar-refractivity contribution is 9.10. The largest absolute Gasteiger partial charge is 0.380 e. The van der Waals surface area contributed by atoms with Gasteiger partial charge < -0.3 is 20.4 Å².